The molecule has 1 amide bonds. The van der Waals surface area contributed by atoms with Crippen LogP contribution in [0.25, 0.3) is 10.8 Å². The lowest BCUT2D eigenvalue weighted by atomic mass is 9.96. The molecule has 122 valence electrons. The fraction of sp³-hybridized carbons (Fsp3) is 0.389. The summed E-state index contributed by atoms with van der Waals surface area (Å²) < 4.78 is 10.7. The number of unbranched alkanes of at least 4 members (excludes halogenated alkanes) is 1. The van der Waals surface area contributed by atoms with E-state index in [1.54, 1.807) is 7.11 Å². The van der Waals surface area contributed by atoms with Crippen molar-refractivity contribution in [3.05, 3.63) is 40.9 Å². The number of nitrogens with one attached hydrogen (secondary N) is 1. The van der Waals surface area contributed by atoms with Gasteiger partial charge in [0.15, 0.2) is 0 Å². The molecule has 1 fully saturated rings. The van der Waals surface area contributed by atoms with Crippen molar-refractivity contribution in [1.82, 2.24) is 5.32 Å². The Labute approximate surface area is 140 Å². The molecule has 0 saturated carbocycles. The molecule has 2 aromatic carbocycles. The molecular weight excluding hydrogens is 314 g/mol. The van der Waals surface area contributed by atoms with Crippen LogP contribution in [0.5, 0.6) is 5.75 Å². The minimum absolute atomic E-state index is 0.0219. The topological polar surface area (TPSA) is 47.6 Å². The minimum Gasteiger partial charge on any atom is -0.495 e. The van der Waals surface area contributed by atoms with Gasteiger partial charge in [-0.25, -0.2) is 4.79 Å². The van der Waals surface area contributed by atoms with Crippen molar-refractivity contribution < 1.29 is 14.3 Å². The number of methoxy groups -OCH3 is 1. The van der Waals surface area contributed by atoms with Gasteiger partial charge >= 0.3 is 6.09 Å². The van der Waals surface area contributed by atoms with E-state index in [2.05, 4.69) is 12.2 Å². The first kappa shape index (κ1) is 15.9. The van der Waals surface area contributed by atoms with Crippen molar-refractivity contribution in [2.75, 3.05) is 7.11 Å². The molecule has 1 saturated heterocycles. The Hall–Kier alpha value is -1.94. The van der Waals surface area contributed by atoms with E-state index in [1.165, 1.54) is 0 Å². The summed E-state index contributed by atoms with van der Waals surface area (Å²) in [7, 11) is 1.60. The number of alkyl carbamates (subject to hydrolysis) is 1. The maximum absolute atomic E-state index is 11.6. The third-order valence-electron chi connectivity index (χ3n) is 4.26. The Morgan fingerprint density at radius 3 is 2.87 bits per heavy atom. The third kappa shape index (κ3) is 3.08. The molecule has 4 nitrogen and oxygen atoms in total. The van der Waals surface area contributed by atoms with Crippen molar-refractivity contribution in [3.63, 3.8) is 0 Å². The molecule has 0 aromatic heterocycles. The summed E-state index contributed by atoms with van der Waals surface area (Å²) in [6.45, 7) is 2.14. The fourth-order valence-electron chi connectivity index (χ4n) is 3.03. The predicted molar refractivity (Wildman–Crippen MR) is 91.2 cm³/mol. The monoisotopic (exact) mass is 333 g/mol. The Morgan fingerprint density at radius 2 is 2.13 bits per heavy atom. The third-order valence-corrected chi connectivity index (χ3v) is 4.65. The number of hydrogen-bond donors (Lipinski definition) is 1. The van der Waals surface area contributed by atoms with Crippen molar-refractivity contribution in [2.45, 2.75) is 38.3 Å². The summed E-state index contributed by atoms with van der Waals surface area (Å²) >= 11 is 6.35. The maximum atomic E-state index is 11.6. The highest BCUT2D eigenvalue weighted by molar-refractivity contribution is 6.37. The zero-order valence-corrected chi connectivity index (χ0v) is 14.0. The van der Waals surface area contributed by atoms with Gasteiger partial charge in [-0.15, -0.1) is 0 Å². The second kappa shape index (κ2) is 6.67. The van der Waals surface area contributed by atoms with Gasteiger partial charge in [-0.3, -0.25) is 0 Å². The van der Waals surface area contributed by atoms with E-state index in [-0.39, 0.29) is 18.2 Å². The van der Waals surface area contributed by atoms with Crippen molar-refractivity contribution in [2.24, 2.45) is 0 Å². The largest absolute Gasteiger partial charge is 0.495 e. The molecular formula is C18H20ClNO3. The summed E-state index contributed by atoms with van der Waals surface area (Å²) in [5, 5.41) is 5.44. The quantitative estimate of drug-likeness (QED) is 0.851. The average molecular weight is 334 g/mol. The van der Waals surface area contributed by atoms with Gasteiger partial charge in [-0.1, -0.05) is 49.6 Å². The van der Waals surface area contributed by atoms with Crippen LogP contribution >= 0.6 is 11.6 Å². The van der Waals surface area contributed by atoms with Crippen molar-refractivity contribution in [3.8, 4) is 5.75 Å². The average Bonchev–Trinajstić information content (AvgIpc) is 2.94. The first-order valence-corrected chi connectivity index (χ1v) is 8.25. The SMILES string of the molecule is CCCC[C@@H]1NC(=O)O[C@@H]1c1ccc2c(Cl)c(OC)ccc2c1. The van der Waals surface area contributed by atoms with E-state index in [0.717, 1.165) is 35.6 Å². The number of halogens is 1. The van der Waals surface area contributed by atoms with Crippen LogP contribution in [0.2, 0.25) is 5.02 Å². The zero-order valence-electron chi connectivity index (χ0n) is 13.3. The summed E-state index contributed by atoms with van der Waals surface area (Å²) in [4.78, 5) is 11.6. The fourth-order valence-corrected chi connectivity index (χ4v) is 3.34. The molecule has 1 N–H and O–H groups in total. The zero-order chi connectivity index (χ0) is 16.4. The highest BCUT2D eigenvalue weighted by atomic mass is 35.5. The molecule has 2 atom stereocenters. The van der Waals surface area contributed by atoms with Crippen LogP contribution in [0, 0.1) is 0 Å². The Morgan fingerprint density at radius 1 is 1.30 bits per heavy atom. The lowest BCUT2D eigenvalue weighted by Crippen LogP contribution is -2.27. The Bertz CT molecular complexity index is 732. The molecule has 5 heteroatoms. The maximum Gasteiger partial charge on any atom is 0.408 e. The van der Waals surface area contributed by atoms with E-state index in [0.29, 0.717) is 10.8 Å². The number of fused-ring (bicyclic) bond motifs is 1. The molecule has 2 aromatic rings. The standard InChI is InChI=1S/C18H20ClNO3/c1-3-4-5-14-17(23-18(21)20-14)12-6-8-13-11(10-12)7-9-15(22-2)16(13)19/h6-10,14,17H,3-5H2,1-2H3,(H,20,21)/t14-,17+/m0/s1. The number of benzene rings is 2. The first-order chi connectivity index (χ1) is 11.1. The number of cyclic esters (lactones) is 1. The molecule has 1 aliphatic rings. The van der Waals surface area contributed by atoms with E-state index >= 15 is 0 Å². The van der Waals surface area contributed by atoms with Gasteiger partial charge in [0.2, 0.25) is 0 Å². The molecule has 0 unspecified atom stereocenters. The summed E-state index contributed by atoms with van der Waals surface area (Å²) in [6.07, 6.45) is 2.46. The lowest BCUT2D eigenvalue weighted by Gasteiger charge is -2.18. The molecule has 0 spiro atoms. The second-order valence-corrected chi connectivity index (χ2v) is 6.16. The lowest BCUT2D eigenvalue weighted by molar-refractivity contribution is 0.131. The summed E-state index contributed by atoms with van der Waals surface area (Å²) in [5.74, 6) is 0.654. The summed E-state index contributed by atoms with van der Waals surface area (Å²) in [5.41, 5.74) is 0.984. The predicted octanol–water partition coefficient (Wildman–Crippen LogP) is 4.84. The smallest absolute Gasteiger partial charge is 0.408 e. The van der Waals surface area contributed by atoms with Gasteiger partial charge in [-0.2, -0.15) is 0 Å². The van der Waals surface area contributed by atoms with Gasteiger partial charge in [0.1, 0.15) is 11.9 Å². The highest BCUT2D eigenvalue weighted by Crippen LogP contribution is 2.36. The molecule has 0 bridgehead atoms. The van der Waals surface area contributed by atoms with Crippen molar-refractivity contribution >= 4 is 28.5 Å². The van der Waals surface area contributed by atoms with Gasteiger partial charge in [0, 0.05) is 5.39 Å². The van der Waals surface area contributed by atoms with E-state index in [4.69, 9.17) is 21.1 Å². The molecule has 1 heterocycles. The van der Waals surface area contributed by atoms with Crippen LogP contribution in [0.3, 0.4) is 0 Å². The van der Waals surface area contributed by atoms with E-state index < -0.39 is 0 Å². The summed E-state index contributed by atoms with van der Waals surface area (Å²) in [6, 6.07) is 9.80. The Kier molecular flexibility index (Phi) is 4.62. The van der Waals surface area contributed by atoms with E-state index in [9.17, 15) is 4.79 Å². The molecule has 3 rings (SSSR count). The molecule has 0 radical (unpaired) electrons. The van der Waals surface area contributed by atoms with E-state index in [1.807, 2.05) is 30.3 Å². The normalized spacial score (nSPS) is 20.4. The molecule has 23 heavy (non-hydrogen) atoms. The number of ether oxygens (including phenoxy) is 2. The van der Waals surface area contributed by atoms with Crippen molar-refractivity contribution in [1.29, 1.82) is 0 Å². The molecule has 1 aliphatic heterocycles. The highest BCUT2D eigenvalue weighted by Gasteiger charge is 2.34. The van der Waals surface area contributed by atoms with Gasteiger partial charge in [0.25, 0.3) is 0 Å². The minimum atomic E-state index is -0.344. The van der Waals surface area contributed by atoms with Crippen LogP contribution in [0.1, 0.15) is 37.9 Å². The van der Waals surface area contributed by atoms with Gasteiger partial charge in [-0.05, 0) is 29.5 Å². The van der Waals surface area contributed by atoms with Gasteiger partial charge < -0.3 is 14.8 Å². The van der Waals surface area contributed by atoms with Crippen LogP contribution in [-0.4, -0.2) is 19.2 Å². The second-order valence-electron chi connectivity index (χ2n) is 5.78. The molecule has 0 aliphatic carbocycles. The van der Waals surface area contributed by atoms with Crippen LogP contribution < -0.4 is 10.1 Å². The number of carbonyl (C=O) groups is 1. The van der Waals surface area contributed by atoms with Crippen LogP contribution in [0.4, 0.5) is 4.79 Å². The first-order valence-electron chi connectivity index (χ1n) is 7.87. The van der Waals surface area contributed by atoms with Gasteiger partial charge in [0.05, 0.1) is 18.2 Å². The van der Waals surface area contributed by atoms with Crippen LogP contribution in [-0.2, 0) is 4.74 Å². The number of rotatable bonds is 5. The number of amides is 1. The van der Waals surface area contributed by atoms with Crippen LogP contribution in [0.15, 0.2) is 30.3 Å². The number of hydrogen-bond acceptors (Lipinski definition) is 3. The number of carbonyl (C=O) groups excluding carboxylic acids is 1. The Balaban J connectivity index is 1.94.